The minimum Gasteiger partial charge on any atom is -0.103 e. The van der Waals surface area contributed by atoms with Gasteiger partial charge in [-0.15, -0.1) is 6.58 Å². The molecule has 0 aromatic carbocycles. The van der Waals surface area contributed by atoms with Gasteiger partial charge in [0.25, 0.3) is 0 Å². The maximum absolute atomic E-state index is 3.71. The van der Waals surface area contributed by atoms with Gasteiger partial charge in [-0.05, 0) is 46.5 Å². The third-order valence-electron chi connectivity index (χ3n) is 2.31. The largest absolute Gasteiger partial charge is 0.103 e. The molecule has 0 aliphatic carbocycles. The van der Waals surface area contributed by atoms with Gasteiger partial charge >= 0.3 is 0 Å². The van der Waals surface area contributed by atoms with Gasteiger partial charge in [0.1, 0.15) is 0 Å². The first-order valence-corrected chi connectivity index (χ1v) is 4.92. The van der Waals surface area contributed by atoms with Gasteiger partial charge in [0.15, 0.2) is 0 Å². The molecule has 70 valence electrons. The Kier molecular flexibility index (Phi) is 6.84. The van der Waals surface area contributed by atoms with Crippen LogP contribution in [0.1, 0.15) is 52.9 Å². The van der Waals surface area contributed by atoms with Crippen LogP contribution in [-0.2, 0) is 0 Å². The molecule has 0 saturated heterocycles. The Morgan fingerprint density at radius 3 is 2.25 bits per heavy atom. The van der Waals surface area contributed by atoms with Crippen LogP contribution >= 0.6 is 0 Å². The van der Waals surface area contributed by atoms with Gasteiger partial charge in [-0.2, -0.15) is 0 Å². The van der Waals surface area contributed by atoms with Crippen LogP contribution in [0, 0.1) is 0 Å². The Balaban J connectivity index is 3.32. The monoisotopic (exact) mass is 166 g/mol. The highest BCUT2D eigenvalue weighted by molar-refractivity contribution is 5.06. The number of rotatable bonds is 6. The second-order valence-electron chi connectivity index (χ2n) is 3.67. The maximum Gasteiger partial charge on any atom is -0.0321 e. The summed E-state index contributed by atoms with van der Waals surface area (Å²) < 4.78 is 0. The van der Waals surface area contributed by atoms with Crippen molar-refractivity contribution in [3.8, 4) is 0 Å². The molecule has 0 spiro atoms. The smallest absolute Gasteiger partial charge is 0.0321 e. The predicted molar refractivity (Wildman–Crippen MR) is 57.3 cm³/mol. The predicted octanol–water partition coefficient (Wildman–Crippen LogP) is 4.48. The Hall–Kier alpha value is -0.520. The lowest BCUT2D eigenvalue weighted by Gasteiger charge is -2.02. The number of unbranched alkanes of at least 4 members (excludes halogenated alkanes) is 3. The molecule has 0 rings (SSSR count). The van der Waals surface area contributed by atoms with Gasteiger partial charge in [0.2, 0.25) is 0 Å². The summed E-state index contributed by atoms with van der Waals surface area (Å²) in [5.41, 5.74) is 3.05. The third-order valence-corrected chi connectivity index (χ3v) is 2.31. The van der Waals surface area contributed by atoms with E-state index in [1.807, 2.05) is 6.08 Å². The molecule has 0 aliphatic heterocycles. The molecular weight excluding hydrogens is 144 g/mol. The van der Waals surface area contributed by atoms with Crippen molar-refractivity contribution in [3.63, 3.8) is 0 Å². The molecule has 0 fully saturated rings. The summed E-state index contributed by atoms with van der Waals surface area (Å²) in [4.78, 5) is 0. The highest BCUT2D eigenvalue weighted by Gasteiger charge is 1.92. The lowest BCUT2D eigenvalue weighted by atomic mass is 10.0. The van der Waals surface area contributed by atoms with E-state index in [-0.39, 0.29) is 0 Å². The second kappa shape index (κ2) is 7.15. The van der Waals surface area contributed by atoms with Crippen LogP contribution < -0.4 is 0 Å². The number of hydrogen-bond acceptors (Lipinski definition) is 0. The molecule has 0 bridgehead atoms. The first kappa shape index (κ1) is 11.5. The average molecular weight is 166 g/mol. The van der Waals surface area contributed by atoms with Crippen LogP contribution in [0.25, 0.3) is 0 Å². The van der Waals surface area contributed by atoms with Gasteiger partial charge in [-0.25, -0.2) is 0 Å². The van der Waals surface area contributed by atoms with Crippen molar-refractivity contribution in [2.45, 2.75) is 52.9 Å². The summed E-state index contributed by atoms with van der Waals surface area (Å²) >= 11 is 0. The van der Waals surface area contributed by atoms with Crippen LogP contribution in [-0.4, -0.2) is 0 Å². The van der Waals surface area contributed by atoms with E-state index in [0.717, 1.165) is 0 Å². The summed E-state index contributed by atoms with van der Waals surface area (Å²) in [5, 5.41) is 0. The number of hydrogen-bond donors (Lipinski definition) is 0. The first-order chi connectivity index (χ1) is 5.68. The molecule has 0 aliphatic rings. The third kappa shape index (κ3) is 6.21. The summed E-state index contributed by atoms with van der Waals surface area (Å²) in [7, 11) is 0. The highest BCUT2D eigenvalue weighted by Crippen LogP contribution is 2.12. The molecule has 0 heterocycles. The van der Waals surface area contributed by atoms with E-state index in [0.29, 0.717) is 0 Å². The van der Waals surface area contributed by atoms with Crippen molar-refractivity contribution in [2.75, 3.05) is 0 Å². The Morgan fingerprint density at radius 2 is 1.75 bits per heavy atom. The van der Waals surface area contributed by atoms with Crippen LogP contribution in [0.15, 0.2) is 23.8 Å². The molecule has 0 nitrogen and oxygen atoms in total. The molecule has 0 N–H and O–H groups in total. The molecule has 0 heteroatoms. The Labute approximate surface area is 77.4 Å². The second-order valence-corrected chi connectivity index (χ2v) is 3.67. The van der Waals surface area contributed by atoms with E-state index >= 15 is 0 Å². The van der Waals surface area contributed by atoms with Crippen LogP contribution in [0.3, 0.4) is 0 Å². The van der Waals surface area contributed by atoms with Crippen molar-refractivity contribution in [1.29, 1.82) is 0 Å². The number of allylic oxidation sites excluding steroid dienone is 3. The lowest BCUT2D eigenvalue weighted by molar-refractivity contribution is 0.681. The minimum atomic E-state index is 1.17. The quantitative estimate of drug-likeness (QED) is 0.403. The summed E-state index contributed by atoms with van der Waals surface area (Å²) in [6, 6.07) is 0. The highest BCUT2D eigenvalue weighted by atomic mass is 14.0. The first-order valence-electron chi connectivity index (χ1n) is 4.92. The zero-order chi connectivity index (χ0) is 9.40. The van der Waals surface area contributed by atoms with E-state index in [1.165, 1.54) is 37.7 Å². The summed E-state index contributed by atoms with van der Waals surface area (Å²) in [5.74, 6) is 0. The zero-order valence-electron chi connectivity index (χ0n) is 8.82. The van der Waals surface area contributed by atoms with E-state index < -0.39 is 0 Å². The van der Waals surface area contributed by atoms with E-state index in [4.69, 9.17) is 0 Å². The summed E-state index contributed by atoms with van der Waals surface area (Å²) in [6.45, 7) is 10.3. The zero-order valence-corrected chi connectivity index (χ0v) is 8.82. The van der Waals surface area contributed by atoms with Gasteiger partial charge in [-0.3, -0.25) is 0 Å². The van der Waals surface area contributed by atoms with E-state index in [2.05, 4.69) is 27.4 Å². The molecule has 0 aromatic rings. The Morgan fingerprint density at radius 1 is 1.08 bits per heavy atom. The van der Waals surface area contributed by atoms with Crippen molar-refractivity contribution < 1.29 is 0 Å². The normalized spacial score (nSPS) is 9.58. The molecule has 12 heavy (non-hydrogen) atoms. The van der Waals surface area contributed by atoms with Gasteiger partial charge in [0.05, 0.1) is 0 Å². The standard InChI is InChI=1S/C12H22/c1-5-6-7-8-9-10-12(4)11(2)3/h5H,1,6-10H2,2-4H3. The Bertz CT molecular complexity index is 147. The lowest BCUT2D eigenvalue weighted by Crippen LogP contribution is -1.82. The van der Waals surface area contributed by atoms with Crippen LogP contribution in [0.4, 0.5) is 0 Å². The fourth-order valence-electron chi connectivity index (χ4n) is 1.11. The van der Waals surface area contributed by atoms with E-state index in [9.17, 15) is 0 Å². The maximum atomic E-state index is 3.71. The van der Waals surface area contributed by atoms with Gasteiger partial charge in [-0.1, -0.05) is 23.6 Å². The van der Waals surface area contributed by atoms with Crippen molar-refractivity contribution in [1.82, 2.24) is 0 Å². The molecule has 0 radical (unpaired) electrons. The van der Waals surface area contributed by atoms with Crippen molar-refractivity contribution in [3.05, 3.63) is 23.8 Å². The molecule has 0 saturated carbocycles. The molecular formula is C12H22. The van der Waals surface area contributed by atoms with Gasteiger partial charge in [0, 0.05) is 0 Å². The SMILES string of the molecule is C=CCCCCCC(C)=C(C)C. The van der Waals surface area contributed by atoms with Crippen LogP contribution in [0.5, 0.6) is 0 Å². The molecule has 0 unspecified atom stereocenters. The fraction of sp³-hybridized carbons (Fsp3) is 0.667. The minimum absolute atomic E-state index is 1.17. The van der Waals surface area contributed by atoms with Crippen molar-refractivity contribution in [2.24, 2.45) is 0 Å². The molecule has 0 aromatic heterocycles. The molecule has 0 atom stereocenters. The average Bonchev–Trinajstić information content (AvgIpc) is 2.03. The summed E-state index contributed by atoms with van der Waals surface area (Å²) in [6.07, 6.45) is 8.45. The van der Waals surface area contributed by atoms with E-state index in [1.54, 1.807) is 5.57 Å². The topological polar surface area (TPSA) is 0 Å². The van der Waals surface area contributed by atoms with Crippen molar-refractivity contribution >= 4 is 0 Å². The van der Waals surface area contributed by atoms with Gasteiger partial charge < -0.3 is 0 Å². The fourth-order valence-corrected chi connectivity index (χ4v) is 1.11. The molecule has 0 amide bonds. The van der Waals surface area contributed by atoms with Crippen LogP contribution in [0.2, 0.25) is 0 Å².